The number of nitrogens with zero attached hydrogens (tertiary/aromatic N) is 1. The van der Waals surface area contributed by atoms with Gasteiger partial charge in [0.2, 0.25) is 5.91 Å². The van der Waals surface area contributed by atoms with Crippen molar-refractivity contribution in [1.82, 2.24) is 10.2 Å². The van der Waals surface area contributed by atoms with Crippen LogP contribution in [0.25, 0.3) is 0 Å². The van der Waals surface area contributed by atoms with Gasteiger partial charge in [0.1, 0.15) is 0 Å². The number of morpholine rings is 1. The number of amides is 1. The van der Waals surface area contributed by atoms with Gasteiger partial charge in [-0.25, -0.2) is 0 Å². The Morgan fingerprint density at radius 2 is 2.00 bits per heavy atom. The normalized spacial score (nSPS) is 17.4. The van der Waals surface area contributed by atoms with E-state index in [1.165, 1.54) is 0 Å². The Kier molecular flexibility index (Phi) is 6.45. The summed E-state index contributed by atoms with van der Waals surface area (Å²) in [4.78, 5) is 14.2. The van der Waals surface area contributed by atoms with E-state index >= 15 is 0 Å². The Balaban J connectivity index is 1.66. The maximum absolute atomic E-state index is 11.9. The molecule has 0 bridgehead atoms. The summed E-state index contributed by atoms with van der Waals surface area (Å²) in [5.41, 5.74) is 0.757. The van der Waals surface area contributed by atoms with E-state index < -0.39 is 0 Å². The number of hydrogen-bond acceptors (Lipinski definition) is 4. The Labute approximate surface area is 130 Å². The Morgan fingerprint density at radius 3 is 2.67 bits per heavy atom. The maximum atomic E-state index is 11.9. The molecule has 0 saturated carbocycles. The zero-order valence-corrected chi connectivity index (χ0v) is 13.0. The van der Waals surface area contributed by atoms with Crippen LogP contribution in [0, 0.1) is 0 Å². The van der Waals surface area contributed by atoms with Gasteiger partial charge in [0, 0.05) is 36.4 Å². The largest absolute Gasteiger partial charge is 0.379 e. The molecule has 1 unspecified atom stereocenters. The van der Waals surface area contributed by atoms with Gasteiger partial charge in [0.05, 0.1) is 19.8 Å². The molecule has 1 aliphatic heterocycles. The number of hydrogen-bond donors (Lipinski definition) is 2. The highest BCUT2D eigenvalue weighted by Gasteiger charge is 2.14. The Bertz CT molecular complexity index is 447. The molecule has 1 fully saturated rings. The second kappa shape index (κ2) is 8.34. The molecule has 1 aromatic carbocycles. The smallest absolute Gasteiger partial charge is 0.238 e. The van der Waals surface area contributed by atoms with Gasteiger partial charge in [0.15, 0.2) is 0 Å². The van der Waals surface area contributed by atoms with E-state index in [1.54, 1.807) is 24.3 Å². The van der Waals surface area contributed by atoms with Crippen LogP contribution in [0.3, 0.4) is 0 Å². The highest BCUT2D eigenvalue weighted by Crippen LogP contribution is 2.13. The third kappa shape index (κ3) is 6.01. The van der Waals surface area contributed by atoms with Crippen molar-refractivity contribution in [3.05, 3.63) is 29.3 Å². The lowest BCUT2D eigenvalue weighted by atomic mass is 10.2. The summed E-state index contributed by atoms with van der Waals surface area (Å²) < 4.78 is 5.32. The van der Waals surface area contributed by atoms with Gasteiger partial charge >= 0.3 is 0 Å². The van der Waals surface area contributed by atoms with E-state index in [-0.39, 0.29) is 11.9 Å². The molecule has 1 heterocycles. The van der Waals surface area contributed by atoms with E-state index in [0.717, 1.165) is 38.5 Å². The van der Waals surface area contributed by atoms with E-state index in [0.29, 0.717) is 11.6 Å². The van der Waals surface area contributed by atoms with Gasteiger partial charge in [-0.1, -0.05) is 11.6 Å². The minimum Gasteiger partial charge on any atom is -0.379 e. The van der Waals surface area contributed by atoms with Gasteiger partial charge in [0.25, 0.3) is 0 Å². The molecule has 21 heavy (non-hydrogen) atoms. The van der Waals surface area contributed by atoms with Crippen LogP contribution in [0.2, 0.25) is 5.02 Å². The standard InChI is InChI=1S/C15H22ClN3O2/c1-12(11-19-6-8-21-9-7-19)17-10-15(20)18-14-4-2-13(16)3-5-14/h2-5,12,17H,6-11H2,1H3,(H,18,20). The third-order valence-electron chi connectivity index (χ3n) is 3.37. The first-order chi connectivity index (χ1) is 10.1. The van der Waals surface area contributed by atoms with Crippen LogP contribution in [0.4, 0.5) is 5.69 Å². The van der Waals surface area contributed by atoms with E-state index in [2.05, 4.69) is 22.5 Å². The highest BCUT2D eigenvalue weighted by atomic mass is 35.5. The van der Waals surface area contributed by atoms with Crippen molar-refractivity contribution in [3.8, 4) is 0 Å². The van der Waals surface area contributed by atoms with Crippen molar-refractivity contribution in [2.24, 2.45) is 0 Å². The first-order valence-electron chi connectivity index (χ1n) is 7.22. The molecule has 2 N–H and O–H groups in total. The fraction of sp³-hybridized carbons (Fsp3) is 0.533. The number of nitrogens with one attached hydrogen (secondary N) is 2. The van der Waals surface area contributed by atoms with Crippen LogP contribution in [-0.2, 0) is 9.53 Å². The molecule has 1 aromatic rings. The van der Waals surface area contributed by atoms with Crippen LogP contribution in [0.1, 0.15) is 6.92 Å². The van der Waals surface area contributed by atoms with E-state index in [9.17, 15) is 4.79 Å². The lowest BCUT2D eigenvalue weighted by Gasteiger charge is -2.29. The minimum atomic E-state index is -0.0499. The highest BCUT2D eigenvalue weighted by molar-refractivity contribution is 6.30. The summed E-state index contributed by atoms with van der Waals surface area (Å²) in [5, 5.41) is 6.73. The topological polar surface area (TPSA) is 53.6 Å². The van der Waals surface area contributed by atoms with Crippen LogP contribution in [-0.4, -0.2) is 56.2 Å². The van der Waals surface area contributed by atoms with Crippen LogP contribution in [0.15, 0.2) is 24.3 Å². The number of benzene rings is 1. The number of carbonyl (C=O) groups is 1. The van der Waals surface area contributed by atoms with Crippen LogP contribution < -0.4 is 10.6 Å². The number of anilines is 1. The number of rotatable bonds is 6. The van der Waals surface area contributed by atoms with Gasteiger partial charge < -0.3 is 15.4 Å². The predicted molar refractivity (Wildman–Crippen MR) is 84.8 cm³/mol. The van der Waals surface area contributed by atoms with E-state index in [4.69, 9.17) is 16.3 Å². The van der Waals surface area contributed by atoms with Crippen molar-refractivity contribution in [1.29, 1.82) is 0 Å². The SMILES string of the molecule is CC(CN1CCOCC1)NCC(=O)Nc1ccc(Cl)cc1. The third-order valence-corrected chi connectivity index (χ3v) is 3.63. The Morgan fingerprint density at radius 1 is 1.33 bits per heavy atom. The lowest BCUT2D eigenvalue weighted by molar-refractivity contribution is -0.115. The summed E-state index contributed by atoms with van der Waals surface area (Å²) in [6.45, 7) is 6.83. The van der Waals surface area contributed by atoms with Gasteiger partial charge in [-0.2, -0.15) is 0 Å². The molecule has 1 amide bonds. The molecule has 0 aromatic heterocycles. The average molecular weight is 312 g/mol. The first-order valence-corrected chi connectivity index (χ1v) is 7.60. The number of carbonyl (C=O) groups excluding carboxylic acids is 1. The minimum absolute atomic E-state index is 0.0499. The molecule has 0 radical (unpaired) electrons. The van der Waals surface area contributed by atoms with Crippen molar-refractivity contribution in [2.75, 3.05) is 44.7 Å². The zero-order chi connectivity index (χ0) is 15.1. The summed E-state index contributed by atoms with van der Waals surface area (Å²) in [6.07, 6.45) is 0. The monoisotopic (exact) mass is 311 g/mol. The van der Waals surface area contributed by atoms with Crippen LogP contribution in [0.5, 0.6) is 0 Å². The summed E-state index contributed by atoms with van der Waals surface area (Å²) in [5.74, 6) is -0.0499. The number of ether oxygens (including phenoxy) is 1. The van der Waals surface area contributed by atoms with Crippen molar-refractivity contribution in [2.45, 2.75) is 13.0 Å². The van der Waals surface area contributed by atoms with Crippen molar-refractivity contribution >= 4 is 23.2 Å². The number of halogens is 1. The molecular formula is C15H22ClN3O2. The molecule has 1 aliphatic rings. The maximum Gasteiger partial charge on any atom is 0.238 e. The Hall–Kier alpha value is -1.14. The summed E-state index contributed by atoms with van der Waals surface area (Å²) in [7, 11) is 0. The molecule has 5 nitrogen and oxygen atoms in total. The van der Waals surface area contributed by atoms with Gasteiger partial charge in [-0.15, -0.1) is 0 Å². The van der Waals surface area contributed by atoms with Crippen LogP contribution >= 0.6 is 11.6 Å². The predicted octanol–water partition coefficient (Wildman–Crippen LogP) is 1.59. The summed E-state index contributed by atoms with van der Waals surface area (Å²) in [6, 6.07) is 7.35. The zero-order valence-electron chi connectivity index (χ0n) is 12.3. The average Bonchev–Trinajstić information content (AvgIpc) is 2.49. The van der Waals surface area contributed by atoms with E-state index in [1.807, 2.05) is 0 Å². The second-order valence-electron chi connectivity index (χ2n) is 5.25. The van der Waals surface area contributed by atoms with Crippen molar-refractivity contribution < 1.29 is 9.53 Å². The molecule has 1 atom stereocenters. The molecule has 0 spiro atoms. The molecule has 0 aliphatic carbocycles. The molecule has 6 heteroatoms. The first kappa shape index (κ1) is 16.2. The fourth-order valence-corrected chi connectivity index (χ4v) is 2.37. The van der Waals surface area contributed by atoms with Crippen molar-refractivity contribution in [3.63, 3.8) is 0 Å². The molecule has 2 rings (SSSR count). The lowest BCUT2D eigenvalue weighted by Crippen LogP contribution is -2.46. The molecule has 1 saturated heterocycles. The second-order valence-corrected chi connectivity index (χ2v) is 5.69. The fourth-order valence-electron chi connectivity index (χ4n) is 2.24. The van der Waals surface area contributed by atoms with Gasteiger partial charge in [-0.3, -0.25) is 9.69 Å². The summed E-state index contributed by atoms with van der Waals surface area (Å²) >= 11 is 5.80. The molecule has 116 valence electrons. The quantitative estimate of drug-likeness (QED) is 0.838. The molecular weight excluding hydrogens is 290 g/mol. The van der Waals surface area contributed by atoms with Gasteiger partial charge in [-0.05, 0) is 31.2 Å².